The molecule has 0 aliphatic carbocycles. The number of amides is 2. The maximum Gasteiger partial charge on any atom is 0.274 e. The van der Waals surface area contributed by atoms with Crippen molar-refractivity contribution in [1.29, 1.82) is 0 Å². The van der Waals surface area contributed by atoms with E-state index in [2.05, 4.69) is 20.6 Å². The summed E-state index contributed by atoms with van der Waals surface area (Å²) in [6, 6.07) is 11.1. The van der Waals surface area contributed by atoms with E-state index in [9.17, 15) is 9.59 Å². The Morgan fingerprint density at radius 3 is 2.79 bits per heavy atom. The van der Waals surface area contributed by atoms with Crippen LogP contribution in [0.4, 0.5) is 5.69 Å². The molecule has 33 heavy (non-hydrogen) atoms. The highest BCUT2D eigenvalue weighted by molar-refractivity contribution is 6.02. The van der Waals surface area contributed by atoms with Crippen LogP contribution in [0.15, 0.2) is 46.0 Å². The lowest BCUT2D eigenvalue weighted by molar-refractivity contribution is -0.135. The number of anilines is 1. The number of ether oxygens (including phenoxy) is 2. The summed E-state index contributed by atoms with van der Waals surface area (Å²) in [6.45, 7) is 3.86. The molecule has 5 rings (SSSR count). The fraction of sp³-hybridized carbons (Fsp3) is 0.261. The van der Waals surface area contributed by atoms with Crippen LogP contribution in [0, 0.1) is 13.8 Å². The summed E-state index contributed by atoms with van der Waals surface area (Å²) < 4.78 is 16.1. The van der Waals surface area contributed by atoms with E-state index in [0.717, 1.165) is 16.1 Å². The van der Waals surface area contributed by atoms with Gasteiger partial charge in [0.05, 0.1) is 0 Å². The Kier molecular flexibility index (Phi) is 5.25. The van der Waals surface area contributed by atoms with Gasteiger partial charge >= 0.3 is 0 Å². The van der Waals surface area contributed by atoms with Crippen molar-refractivity contribution in [2.45, 2.75) is 26.7 Å². The van der Waals surface area contributed by atoms with Crippen LogP contribution in [0.2, 0.25) is 0 Å². The number of carbonyl (C=O) groups excluding carboxylic acids is 2. The number of hydrogen-bond donors (Lipinski definition) is 1. The summed E-state index contributed by atoms with van der Waals surface area (Å²) in [6.07, 6.45) is 0.536. The van der Waals surface area contributed by atoms with Crippen molar-refractivity contribution >= 4 is 23.2 Å². The number of benzene rings is 2. The zero-order chi connectivity index (χ0) is 22.9. The van der Waals surface area contributed by atoms with Crippen molar-refractivity contribution in [3.8, 4) is 22.9 Å². The molecule has 0 radical (unpaired) electrons. The van der Waals surface area contributed by atoms with Crippen LogP contribution in [0.1, 0.15) is 29.9 Å². The van der Waals surface area contributed by atoms with E-state index >= 15 is 0 Å². The molecule has 0 unspecified atom stereocenters. The number of rotatable bonds is 5. The van der Waals surface area contributed by atoms with E-state index in [0.29, 0.717) is 40.7 Å². The third-order valence-corrected chi connectivity index (χ3v) is 5.36. The van der Waals surface area contributed by atoms with E-state index in [-0.39, 0.29) is 37.5 Å². The molecular formula is C23H21N5O5. The third-order valence-electron chi connectivity index (χ3n) is 5.36. The largest absolute Gasteiger partial charge is 0.454 e. The fourth-order valence-electron chi connectivity index (χ4n) is 3.65. The molecule has 168 valence electrons. The average Bonchev–Trinajstić information content (AvgIpc) is 3.46. The number of carbonyl (C=O) groups is 2. The van der Waals surface area contributed by atoms with Crippen LogP contribution < -0.4 is 14.8 Å². The predicted octanol–water partition coefficient (Wildman–Crippen LogP) is 3.05. The minimum absolute atomic E-state index is 0.175. The molecule has 2 aliphatic heterocycles. The predicted molar refractivity (Wildman–Crippen MR) is 118 cm³/mol. The van der Waals surface area contributed by atoms with E-state index in [1.165, 1.54) is 0 Å². The monoisotopic (exact) mass is 447 g/mol. The summed E-state index contributed by atoms with van der Waals surface area (Å²) >= 11 is 0. The van der Waals surface area contributed by atoms with Gasteiger partial charge < -0.3 is 19.3 Å². The molecule has 1 N–H and O–H groups in total. The topological polar surface area (TPSA) is 119 Å². The second kappa shape index (κ2) is 8.38. The van der Waals surface area contributed by atoms with Crippen LogP contribution in [0.5, 0.6) is 11.5 Å². The molecular weight excluding hydrogens is 426 g/mol. The smallest absolute Gasteiger partial charge is 0.274 e. The molecule has 2 aromatic carbocycles. The molecule has 1 aromatic heterocycles. The molecule has 10 nitrogen and oxygen atoms in total. The summed E-state index contributed by atoms with van der Waals surface area (Å²) in [5, 5.41) is 12.3. The van der Waals surface area contributed by atoms with Crippen molar-refractivity contribution < 1.29 is 23.6 Å². The van der Waals surface area contributed by atoms with Crippen LogP contribution in [0.25, 0.3) is 11.4 Å². The maximum atomic E-state index is 12.5. The molecule has 2 amide bonds. The van der Waals surface area contributed by atoms with Crippen molar-refractivity contribution in [2.24, 2.45) is 5.10 Å². The number of nitrogens with one attached hydrogen (secondary N) is 1. The van der Waals surface area contributed by atoms with E-state index in [1.807, 2.05) is 32.0 Å². The summed E-state index contributed by atoms with van der Waals surface area (Å²) in [5.41, 5.74) is 3.90. The number of fused-ring (bicyclic) bond motifs is 1. The second-order valence-electron chi connectivity index (χ2n) is 7.86. The van der Waals surface area contributed by atoms with Crippen molar-refractivity contribution in [1.82, 2.24) is 15.1 Å². The molecule has 0 saturated heterocycles. The normalized spacial score (nSPS) is 14.9. The van der Waals surface area contributed by atoms with Gasteiger partial charge in [0.1, 0.15) is 12.3 Å². The van der Waals surface area contributed by atoms with E-state index in [4.69, 9.17) is 14.0 Å². The Morgan fingerprint density at radius 2 is 1.94 bits per heavy atom. The molecule has 10 heteroatoms. The van der Waals surface area contributed by atoms with E-state index < -0.39 is 0 Å². The van der Waals surface area contributed by atoms with Crippen LogP contribution >= 0.6 is 0 Å². The van der Waals surface area contributed by atoms with Gasteiger partial charge in [-0.1, -0.05) is 22.9 Å². The Bertz CT molecular complexity index is 1280. The SMILES string of the molecule is Cc1ccc(NC(=O)CN2N=C(c3nc(-c4ccc5c(c4)OCO5)no3)CCC2=O)c(C)c1. The first-order valence-corrected chi connectivity index (χ1v) is 10.5. The van der Waals surface area contributed by atoms with Gasteiger partial charge in [-0.05, 0) is 43.7 Å². The molecule has 3 heterocycles. The van der Waals surface area contributed by atoms with Gasteiger partial charge in [0.2, 0.25) is 24.4 Å². The number of aromatic nitrogens is 2. The van der Waals surface area contributed by atoms with Gasteiger partial charge in [-0.2, -0.15) is 10.1 Å². The van der Waals surface area contributed by atoms with E-state index in [1.54, 1.807) is 18.2 Å². The number of hydrogen-bond acceptors (Lipinski definition) is 8. The lowest BCUT2D eigenvalue weighted by atomic mass is 10.1. The highest BCUT2D eigenvalue weighted by atomic mass is 16.7. The van der Waals surface area contributed by atoms with Crippen LogP contribution in [0.3, 0.4) is 0 Å². The molecule has 0 saturated carbocycles. The minimum atomic E-state index is -0.341. The number of nitrogens with zero attached hydrogens (tertiary/aromatic N) is 4. The lowest BCUT2D eigenvalue weighted by Gasteiger charge is -2.22. The quantitative estimate of drug-likeness (QED) is 0.638. The standard InChI is InChI=1S/C23H21N5O5/c1-13-3-5-16(14(2)9-13)24-20(29)11-28-21(30)8-6-17(26-28)23-25-22(27-33-23)15-4-7-18-19(10-15)32-12-31-18/h3-5,7,9-10H,6,8,11-12H2,1-2H3,(H,24,29). The molecule has 0 fully saturated rings. The molecule has 3 aromatic rings. The molecule has 0 spiro atoms. The van der Waals surface area contributed by atoms with Gasteiger partial charge in [-0.25, -0.2) is 5.01 Å². The van der Waals surface area contributed by atoms with Crippen molar-refractivity contribution in [3.63, 3.8) is 0 Å². The molecule has 2 aliphatic rings. The lowest BCUT2D eigenvalue weighted by Crippen LogP contribution is -2.38. The second-order valence-corrected chi connectivity index (χ2v) is 7.86. The van der Waals surface area contributed by atoms with Crippen molar-refractivity contribution in [2.75, 3.05) is 18.7 Å². The first-order valence-electron chi connectivity index (χ1n) is 10.5. The zero-order valence-corrected chi connectivity index (χ0v) is 18.1. The van der Waals surface area contributed by atoms with Gasteiger partial charge in [0.25, 0.3) is 5.89 Å². The number of hydrazone groups is 1. The van der Waals surface area contributed by atoms with Gasteiger partial charge in [-0.3, -0.25) is 9.59 Å². The van der Waals surface area contributed by atoms with Crippen LogP contribution in [-0.4, -0.2) is 46.0 Å². The van der Waals surface area contributed by atoms with Gasteiger partial charge in [0.15, 0.2) is 11.5 Å². The summed E-state index contributed by atoms with van der Waals surface area (Å²) in [7, 11) is 0. The summed E-state index contributed by atoms with van der Waals surface area (Å²) in [5.74, 6) is 1.25. The minimum Gasteiger partial charge on any atom is -0.454 e. The first-order chi connectivity index (χ1) is 16.0. The number of aryl methyl sites for hydroxylation is 2. The average molecular weight is 447 g/mol. The Hall–Kier alpha value is -4.21. The highest BCUT2D eigenvalue weighted by Crippen LogP contribution is 2.35. The third kappa shape index (κ3) is 4.27. The fourth-order valence-corrected chi connectivity index (χ4v) is 3.65. The first kappa shape index (κ1) is 20.7. The zero-order valence-electron chi connectivity index (χ0n) is 18.1. The van der Waals surface area contributed by atoms with Crippen LogP contribution in [-0.2, 0) is 9.59 Å². The van der Waals surface area contributed by atoms with Crippen molar-refractivity contribution in [3.05, 3.63) is 53.4 Å². The Balaban J connectivity index is 1.31. The molecule has 0 atom stereocenters. The summed E-state index contributed by atoms with van der Waals surface area (Å²) in [4.78, 5) is 29.3. The maximum absolute atomic E-state index is 12.5. The molecule has 0 bridgehead atoms. The Morgan fingerprint density at radius 1 is 1.09 bits per heavy atom. The van der Waals surface area contributed by atoms with Gasteiger partial charge in [-0.15, -0.1) is 0 Å². The highest BCUT2D eigenvalue weighted by Gasteiger charge is 2.27. The Labute approximate surface area is 189 Å². The van der Waals surface area contributed by atoms with Gasteiger partial charge in [0, 0.05) is 24.1 Å².